The number of benzene rings is 1. The van der Waals surface area contributed by atoms with E-state index < -0.39 is 11.2 Å². The maximum Gasteiger partial charge on any atom is 0.327 e. The molecule has 9 heteroatoms. The first-order chi connectivity index (χ1) is 13.6. The molecule has 3 N–H and O–H groups in total. The summed E-state index contributed by atoms with van der Waals surface area (Å²) in [4.78, 5) is 33.5. The zero-order chi connectivity index (χ0) is 19.3. The summed E-state index contributed by atoms with van der Waals surface area (Å²) in [5, 5.41) is 7.15. The maximum atomic E-state index is 13.5. The van der Waals surface area contributed by atoms with Gasteiger partial charge in [0.05, 0.1) is 11.3 Å². The van der Waals surface area contributed by atoms with Gasteiger partial charge in [-0.2, -0.15) is 5.10 Å². The molecule has 3 heterocycles. The second kappa shape index (κ2) is 6.29. The lowest BCUT2D eigenvalue weighted by atomic mass is 10.1. The van der Waals surface area contributed by atoms with Gasteiger partial charge in [-0.3, -0.25) is 19.9 Å². The fourth-order valence-corrected chi connectivity index (χ4v) is 3.50. The van der Waals surface area contributed by atoms with Crippen LogP contribution >= 0.6 is 0 Å². The Morgan fingerprint density at radius 2 is 2.07 bits per heavy atom. The molecule has 3 aromatic heterocycles. The van der Waals surface area contributed by atoms with Crippen LogP contribution in [0.5, 0.6) is 0 Å². The van der Waals surface area contributed by atoms with Crippen molar-refractivity contribution in [1.82, 2.24) is 29.7 Å². The Bertz CT molecular complexity index is 1290. The van der Waals surface area contributed by atoms with Gasteiger partial charge in [-0.25, -0.2) is 14.2 Å². The number of rotatable bonds is 5. The minimum Gasteiger partial charge on any atom is -0.318 e. The molecule has 0 spiro atoms. The number of hydrogen-bond donors (Lipinski definition) is 3. The monoisotopic (exact) mass is 380 g/mol. The van der Waals surface area contributed by atoms with Crippen LogP contribution in [-0.2, 0) is 13.0 Å². The molecule has 1 saturated carbocycles. The zero-order valence-corrected chi connectivity index (χ0v) is 14.8. The Balaban J connectivity index is 1.65. The molecule has 1 fully saturated rings. The Kier molecular flexibility index (Phi) is 3.75. The lowest BCUT2D eigenvalue weighted by Gasteiger charge is -2.08. The van der Waals surface area contributed by atoms with Crippen LogP contribution in [0.3, 0.4) is 0 Å². The van der Waals surface area contributed by atoms with Crippen LogP contribution < -0.4 is 11.2 Å². The largest absolute Gasteiger partial charge is 0.327 e. The van der Waals surface area contributed by atoms with E-state index in [-0.39, 0.29) is 11.5 Å². The van der Waals surface area contributed by atoms with E-state index in [1.54, 1.807) is 12.3 Å². The van der Waals surface area contributed by atoms with E-state index in [0.717, 1.165) is 24.0 Å². The SMILES string of the molecule is O=c1[nH]c(=O)c2c(nc(-c3c[nH]nc3Cc3cccc(F)c3)n2CC2CC2)[nH]1. The molecule has 1 aromatic carbocycles. The summed E-state index contributed by atoms with van der Waals surface area (Å²) in [6.45, 7) is 0.644. The molecule has 4 aromatic rings. The Morgan fingerprint density at radius 1 is 1.21 bits per heavy atom. The molecule has 28 heavy (non-hydrogen) atoms. The van der Waals surface area contributed by atoms with Crippen molar-refractivity contribution in [3.05, 3.63) is 68.4 Å². The second-order valence-electron chi connectivity index (χ2n) is 7.15. The third-order valence-electron chi connectivity index (χ3n) is 5.00. The predicted octanol–water partition coefficient (Wildman–Crippen LogP) is 1.94. The highest BCUT2D eigenvalue weighted by atomic mass is 19.1. The first-order valence-electron chi connectivity index (χ1n) is 9.09. The van der Waals surface area contributed by atoms with Crippen molar-refractivity contribution < 1.29 is 4.39 Å². The number of aromatic nitrogens is 6. The van der Waals surface area contributed by atoms with Gasteiger partial charge < -0.3 is 4.57 Å². The van der Waals surface area contributed by atoms with Crippen LogP contribution in [0.25, 0.3) is 22.6 Å². The van der Waals surface area contributed by atoms with Crippen molar-refractivity contribution in [2.45, 2.75) is 25.8 Å². The molecule has 0 radical (unpaired) electrons. The number of fused-ring (bicyclic) bond motifs is 1. The normalized spacial score (nSPS) is 14.0. The van der Waals surface area contributed by atoms with E-state index in [2.05, 4.69) is 25.1 Å². The van der Waals surface area contributed by atoms with Crippen molar-refractivity contribution in [3.8, 4) is 11.4 Å². The van der Waals surface area contributed by atoms with E-state index >= 15 is 0 Å². The lowest BCUT2D eigenvalue weighted by Crippen LogP contribution is -2.23. The van der Waals surface area contributed by atoms with Crippen molar-refractivity contribution >= 4 is 11.2 Å². The topological polar surface area (TPSA) is 112 Å². The van der Waals surface area contributed by atoms with E-state index in [1.807, 2.05) is 10.6 Å². The number of nitrogens with one attached hydrogen (secondary N) is 3. The summed E-state index contributed by atoms with van der Waals surface area (Å²) >= 11 is 0. The Labute approximate surface area is 157 Å². The first-order valence-corrected chi connectivity index (χ1v) is 9.09. The number of hydrogen-bond acceptors (Lipinski definition) is 4. The molecule has 8 nitrogen and oxygen atoms in total. The van der Waals surface area contributed by atoms with Crippen molar-refractivity contribution in [3.63, 3.8) is 0 Å². The molecule has 0 saturated heterocycles. The van der Waals surface area contributed by atoms with Gasteiger partial charge in [0.1, 0.15) is 11.6 Å². The molecule has 142 valence electrons. The number of aromatic amines is 3. The molecule has 0 aliphatic heterocycles. The van der Waals surface area contributed by atoms with Crippen molar-refractivity contribution in [1.29, 1.82) is 0 Å². The van der Waals surface area contributed by atoms with Gasteiger partial charge in [0.25, 0.3) is 5.56 Å². The highest BCUT2D eigenvalue weighted by molar-refractivity contribution is 5.76. The summed E-state index contributed by atoms with van der Waals surface area (Å²) in [6.07, 6.45) is 4.32. The summed E-state index contributed by atoms with van der Waals surface area (Å²) < 4.78 is 15.4. The van der Waals surface area contributed by atoms with Gasteiger partial charge in [0, 0.05) is 19.2 Å². The van der Waals surface area contributed by atoms with Crippen molar-refractivity contribution in [2.24, 2.45) is 5.92 Å². The average Bonchev–Trinajstić information content (AvgIpc) is 3.22. The molecule has 0 amide bonds. The number of nitrogens with zero attached hydrogens (tertiary/aromatic N) is 3. The van der Waals surface area contributed by atoms with E-state index in [4.69, 9.17) is 0 Å². The van der Waals surface area contributed by atoms with Gasteiger partial charge in [0.15, 0.2) is 11.2 Å². The smallest absolute Gasteiger partial charge is 0.318 e. The molecule has 0 unspecified atom stereocenters. The third kappa shape index (κ3) is 2.94. The van der Waals surface area contributed by atoms with Crippen LogP contribution in [0.4, 0.5) is 4.39 Å². The van der Waals surface area contributed by atoms with Gasteiger partial charge in [-0.15, -0.1) is 0 Å². The Morgan fingerprint density at radius 3 is 2.86 bits per heavy atom. The van der Waals surface area contributed by atoms with Crippen LogP contribution in [0, 0.1) is 11.7 Å². The van der Waals surface area contributed by atoms with Crippen LogP contribution in [0.1, 0.15) is 24.1 Å². The standard InChI is InChI=1S/C19H17FN6O2/c20-12-3-1-2-11(6-12)7-14-13(8-21-25-14)17-22-16-15(18(27)24-19(28)23-16)26(17)9-10-4-5-10/h1-3,6,8,10H,4-5,7,9H2,(H,21,25)(H2,23,24,27,28). The van der Waals surface area contributed by atoms with Gasteiger partial charge in [0.2, 0.25) is 0 Å². The summed E-state index contributed by atoms with van der Waals surface area (Å²) in [7, 11) is 0. The minimum atomic E-state index is -0.590. The fraction of sp³-hybridized carbons (Fsp3) is 0.263. The zero-order valence-electron chi connectivity index (χ0n) is 14.8. The first kappa shape index (κ1) is 16.7. The molecule has 0 atom stereocenters. The second-order valence-corrected chi connectivity index (χ2v) is 7.15. The van der Waals surface area contributed by atoms with E-state index in [9.17, 15) is 14.0 Å². The van der Waals surface area contributed by atoms with Crippen molar-refractivity contribution in [2.75, 3.05) is 0 Å². The van der Waals surface area contributed by atoms with Gasteiger partial charge >= 0.3 is 5.69 Å². The molecule has 1 aliphatic carbocycles. The number of halogens is 1. The molecule has 1 aliphatic rings. The molecule has 0 bridgehead atoms. The third-order valence-corrected chi connectivity index (χ3v) is 5.00. The highest BCUT2D eigenvalue weighted by Crippen LogP contribution is 2.34. The molecular formula is C19H17FN6O2. The summed E-state index contributed by atoms with van der Waals surface area (Å²) in [5.74, 6) is 0.745. The van der Waals surface area contributed by atoms with Gasteiger partial charge in [-0.05, 0) is 36.5 Å². The average molecular weight is 380 g/mol. The van der Waals surface area contributed by atoms with Crippen LogP contribution in [-0.4, -0.2) is 29.7 Å². The van der Waals surface area contributed by atoms with Crippen LogP contribution in [0.2, 0.25) is 0 Å². The van der Waals surface area contributed by atoms with E-state index in [0.29, 0.717) is 35.9 Å². The molecular weight excluding hydrogens is 363 g/mol. The highest BCUT2D eigenvalue weighted by Gasteiger charge is 2.27. The number of H-pyrrole nitrogens is 3. The van der Waals surface area contributed by atoms with Gasteiger partial charge in [-0.1, -0.05) is 12.1 Å². The minimum absolute atomic E-state index is 0.252. The van der Waals surface area contributed by atoms with Crippen LogP contribution in [0.15, 0.2) is 40.1 Å². The molecule has 5 rings (SSSR count). The predicted molar refractivity (Wildman–Crippen MR) is 100 cm³/mol. The maximum absolute atomic E-state index is 13.5. The lowest BCUT2D eigenvalue weighted by molar-refractivity contribution is 0.626. The number of imidazole rings is 1. The quantitative estimate of drug-likeness (QED) is 0.491. The summed E-state index contributed by atoms with van der Waals surface area (Å²) in [6, 6.07) is 6.35. The fourth-order valence-electron chi connectivity index (χ4n) is 3.50. The Hall–Kier alpha value is -3.49. The summed E-state index contributed by atoms with van der Waals surface area (Å²) in [5.41, 5.74) is 1.74. The van der Waals surface area contributed by atoms with E-state index in [1.165, 1.54) is 12.1 Å².